The molecule has 0 saturated carbocycles. The van der Waals surface area contributed by atoms with Crippen LogP contribution in [0.3, 0.4) is 0 Å². The zero-order valence-electron chi connectivity index (χ0n) is 10.4. The molecule has 3 nitrogen and oxygen atoms in total. The van der Waals surface area contributed by atoms with Gasteiger partial charge in [0.05, 0.1) is 0 Å². The van der Waals surface area contributed by atoms with Gasteiger partial charge in [0, 0.05) is 43.9 Å². The van der Waals surface area contributed by atoms with Crippen molar-refractivity contribution in [3.8, 4) is 0 Å². The van der Waals surface area contributed by atoms with Gasteiger partial charge in [0.25, 0.3) is 0 Å². The molecule has 17 heavy (non-hydrogen) atoms. The Kier molecular flexibility index (Phi) is 4.26. The van der Waals surface area contributed by atoms with Crippen molar-refractivity contribution in [2.75, 3.05) is 6.54 Å². The second-order valence-electron chi connectivity index (χ2n) is 4.78. The molecular weight excluding hydrogens is 212 g/mol. The molecule has 0 N–H and O–H groups in total. The number of unbranched alkanes of at least 4 members (excludes halogenated alkanes) is 1. The van der Waals surface area contributed by atoms with Crippen molar-refractivity contribution in [3.63, 3.8) is 0 Å². The lowest BCUT2D eigenvalue weighted by Crippen LogP contribution is -2.37. The van der Waals surface area contributed by atoms with Crippen LogP contribution in [0, 0.1) is 0 Å². The highest BCUT2D eigenvalue weighted by molar-refractivity contribution is 5.48. The van der Waals surface area contributed by atoms with E-state index < -0.39 is 0 Å². The van der Waals surface area contributed by atoms with Crippen LogP contribution in [0.1, 0.15) is 37.4 Å². The van der Waals surface area contributed by atoms with Crippen LogP contribution in [0.4, 0.5) is 0 Å². The summed E-state index contributed by atoms with van der Waals surface area (Å²) in [4.78, 5) is 17.2. The van der Waals surface area contributed by atoms with Crippen LogP contribution in [-0.2, 0) is 17.8 Å². The van der Waals surface area contributed by atoms with E-state index in [1.165, 1.54) is 11.3 Å². The molecule has 1 atom stereocenters. The molecule has 0 aromatic carbocycles. The van der Waals surface area contributed by atoms with Crippen molar-refractivity contribution < 1.29 is 4.79 Å². The van der Waals surface area contributed by atoms with Crippen LogP contribution in [0.15, 0.2) is 18.3 Å². The van der Waals surface area contributed by atoms with Crippen LogP contribution >= 0.6 is 0 Å². The first kappa shape index (κ1) is 12.2. The van der Waals surface area contributed by atoms with E-state index in [1.54, 1.807) is 0 Å². The summed E-state index contributed by atoms with van der Waals surface area (Å²) >= 11 is 0. The zero-order valence-corrected chi connectivity index (χ0v) is 10.4. The highest BCUT2D eigenvalue weighted by Gasteiger charge is 2.20. The minimum atomic E-state index is 0.559. The molecule has 0 aliphatic carbocycles. The molecule has 2 rings (SSSR count). The smallest absolute Gasteiger partial charge is 0.119 e. The molecule has 1 unspecified atom stereocenters. The number of hydrogen-bond donors (Lipinski definition) is 0. The van der Waals surface area contributed by atoms with Crippen molar-refractivity contribution in [1.29, 1.82) is 0 Å². The Hall–Kier alpha value is -1.22. The fourth-order valence-electron chi connectivity index (χ4n) is 2.44. The highest BCUT2D eigenvalue weighted by atomic mass is 16.1. The molecule has 92 valence electrons. The summed E-state index contributed by atoms with van der Waals surface area (Å²) in [5.74, 6) is 0. The summed E-state index contributed by atoms with van der Waals surface area (Å²) in [6.45, 7) is 4.35. The van der Waals surface area contributed by atoms with Gasteiger partial charge < -0.3 is 4.79 Å². The van der Waals surface area contributed by atoms with Crippen LogP contribution in [0.25, 0.3) is 0 Å². The first-order valence-corrected chi connectivity index (χ1v) is 6.41. The maximum Gasteiger partial charge on any atom is 0.119 e. The summed E-state index contributed by atoms with van der Waals surface area (Å²) in [6, 6.07) is 4.75. The monoisotopic (exact) mass is 232 g/mol. The number of fused-ring (bicyclic) bond motifs is 1. The normalized spacial score (nSPS) is 17.5. The third-order valence-corrected chi connectivity index (χ3v) is 3.56. The Bertz CT molecular complexity index is 378. The number of hydrogen-bond acceptors (Lipinski definition) is 3. The van der Waals surface area contributed by atoms with Gasteiger partial charge in [0.15, 0.2) is 0 Å². The van der Waals surface area contributed by atoms with Gasteiger partial charge in [0.2, 0.25) is 0 Å². The van der Waals surface area contributed by atoms with Gasteiger partial charge in [-0.2, -0.15) is 0 Å². The first-order chi connectivity index (χ1) is 8.31. The second-order valence-corrected chi connectivity index (χ2v) is 4.78. The number of aldehydes is 1. The van der Waals surface area contributed by atoms with Crippen LogP contribution in [0.2, 0.25) is 0 Å². The lowest BCUT2D eigenvalue weighted by Gasteiger charge is -2.33. The van der Waals surface area contributed by atoms with Gasteiger partial charge in [0.1, 0.15) is 6.29 Å². The summed E-state index contributed by atoms with van der Waals surface area (Å²) in [7, 11) is 0. The van der Waals surface area contributed by atoms with E-state index in [9.17, 15) is 4.79 Å². The quantitative estimate of drug-likeness (QED) is 0.576. The molecule has 1 aromatic heterocycles. The average molecular weight is 232 g/mol. The largest absolute Gasteiger partial charge is 0.303 e. The number of aromatic nitrogens is 1. The summed E-state index contributed by atoms with van der Waals surface area (Å²) in [5, 5.41) is 0. The van der Waals surface area contributed by atoms with E-state index in [0.29, 0.717) is 12.5 Å². The minimum Gasteiger partial charge on any atom is -0.303 e. The SMILES string of the molecule is CC(CCCC=O)N1CCc2ncccc2C1. The second kappa shape index (κ2) is 5.92. The summed E-state index contributed by atoms with van der Waals surface area (Å²) < 4.78 is 0. The molecule has 0 saturated heterocycles. The molecule has 2 heterocycles. The molecule has 0 amide bonds. The number of pyridine rings is 1. The third-order valence-electron chi connectivity index (χ3n) is 3.56. The minimum absolute atomic E-state index is 0.559. The average Bonchev–Trinajstić information content (AvgIpc) is 2.38. The Labute approximate surface area is 103 Å². The van der Waals surface area contributed by atoms with Crippen LogP contribution in [-0.4, -0.2) is 28.8 Å². The lowest BCUT2D eigenvalue weighted by molar-refractivity contribution is -0.108. The molecular formula is C14H20N2O. The predicted octanol–water partition coefficient (Wildman–Crippen LogP) is 2.20. The van der Waals surface area contributed by atoms with E-state index >= 15 is 0 Å². The molecule has 1 aliphatic heterocycles. The summed E-state index contributed by atoms with van der Waals surface area (Å²) in [5.41, 5.74) is 2.62. The van der Waals surface area contributed by atoms with E-state index in [1.807, 2.05) is 12.3 Å². The molecule has 1 aromatic rings. The maximum absolute atomic E-state index is 10.3. The van der Waals surface area contributed by atoms with E-state index in [-0.39, 0.29) is 0 Å². The van der Waals surface area contributed by atoms with Gasteiger partial charge in [-0.05, 0) is 31.4 Å². The van der Waals surface area contributed by atoms with Gasteiger partial charge in [-0.1, -0.05) is 6.07 Å². The van der Waals surface area contributed by atoms with Gasteiger partial charge in [-0.25, -0.2) is 0 Å². The van der Waals surface area contributed by atoms with Gasteiger partial charge >= 0.3 is 0 Å². The summed E-state index contributed by atoms with van der Waals surface area (Å²) in [6.07, 6.45) is 6.74. The molecule has 1 aliphatic rings. The Morgan fingerprint density at radius 1 is 1.59 bits per heavy atom. The molecule has 0 fully saturated rings. The standard InChI is InChI=1S/C14H20N2O/c1-12(5-2-3-10-17)16-9-7-14-13(11-16)6-4-8-15-14/h4,6,8,10,12H,2-3,5,7,9,11H2,1H3. The number of carbonyl (C=O) groups is 1. The van der Waals surface area contributed by atoms with Crippen molar-refractivity contribution in [2.24, 2.45) is 0 Å². The first-order valence-electron chi connectivity index (χ1n) is 6.41. The lowest BCUT2D eigenvalue weighted by atomic mass is 10.0. The number of carbonyl (C=O) groups excluding carboxylic acids is 1. The fraction of sp³-hybridized carbons (Fsp3) is 0.571. The zero-order chi connectivity index (χ0) is 12.1. The Balaban J connectivity index is 1.90. The Morgan fingerprint density at radius 2 is 2.47 bits per heavy atom. The topological polar surface area (TPSA) is 33.2 Å². The van der Waals surface area contributed by atoms with Gasteiger partial charge in [-0.3, -0.25) is 9.88 Å². The molecule has 0 spiro atoms. The van der Waals surface area contributed by atoms with Crippen molar-refractivity contribution in [2.45, 2.75) is 45.2 Å². The third kappa shape index (κ3) is 3.13. The molecule has 0 bridgehead atoms. The van der Waals surface area contributed by atoms with Crippen molar-refractivity contribution in [1.82, 2.24) is 9.88 Å². The van der Waals surface area contributed by atoms with Crippen molar-refractivity contribution >= 4 is 6.29 Å². The van der Waals surface area contributed by atoms with Crippen LogP contribution in [0.5, 0.6) is 0 Å². The van der Waals surface area contributed by atoms with E-state index in [4.69, 9.17) is 0 Å². The predicted molar refractivity (Wildman–Crippen MR) is 67.7 cm³/mol. The maximum atomic E-state index is 10.3. The van der Waals surface area contributed by atoms with Gasteiger partial charge in [-0.15, -0.1) is 0 Å². The van der Waals surface area contributed by atoms with E-state index in [2.05, 4.69) is 22.9 Å². The Morgan fingerprint density at radius 3 is 3.29 bits per heavy atom. The van der Waals surface area contributed by atoms with Crippen LogP contribution < -0.4 is 0 Å². The fourth-order valence-corrected chi connectivity index (χ4v) is 2.44. The molecule has 0 radical (unpaired) electrons. The van der Waals surface area contributed by atoms with E-state index in [0.717, 1.165) is 38.6 Å². The molecule has 3 heteroatoms. The number of rotatable bonds is 5. The number of nitrogens with zero attached hydrogens (tertiary/aromatic N) is 2. The highest BCUT2D eigenvalue weighted by Crippen LogP contribution is 2.20. The van der Waals surface area contributed by atoms with Crippen molar-refractivity contribution in [3.05, 3.63) is 29.6 Å².